The Bertz CT molecular complexity index is 769. The van der Waals surface area contributed by atoms with Crippen molar-refractivity contribution in [3.63, 3.8) is 0 Å². The highest BCUT2D eigenvalue weighted by molar-refractivity contribution is 6.14. The Labute approximate surface area is 122 Å². The molecule has 2 aromatic rings. The second-order valence-corrected chi connectivity index (χ2v) is 5.82. The summed E-state index contributed by atoms with van der Waals surface area (Å²) in [6.07, 6.45) is 6.79. The first-order valence-corrected chi connectivity index (χ1v) is 7.38. The van der Waals surface area contributed by atoms with Crippen molar-refractivity contribution in [2.45, 2.75) is 25.3 Å². The number of fused-ring (bicyclic) bond motifs is 1. The topological polar surface area (TPSA) is 49.3 Å². The molecule has 104 valence electrons. The maximum absolute atomic E-state index is 12.9. The zero-order valence-corrected chi connectivity index (χ0v) is 11.5. The molecule has 4 heterocycles. The predicted octanol–water partition coefficient (Wildman–Crippen LogP) is 2.29. The van der Waals surface area contributed by atoms with Gasteiger partial charge in [-0.3, -0.25) is 4.79 Å². The monoisotopic (exact) mass is 278 g/mol. The first-order chi connectivity index (χ1) is 10.3. The van der Waals surface area contributed by atoms with E-state index in [2.05, 4.69) is 14.9 Å². The number of carbonyl (C=O) groups excluding carboxylic acids is 1. The molecule has 21 heavy (non-hydrogen) atoms. The number of carbonyl (C=O) groups is 1. The number of rotatable bonds is 1. The summed E-state index contributed by atoms with van der Waals surface area (Å²) in [5, 5.41) is 0. The van der Waals surface area contributed by atoms with Gasteiger partial charge in [-0.05, 0) is 43.0 Å². The molecule has 0 saturated heterocycles. The number of hydrogen-bond donors (Lipinski definition) is 0. The molecule has 0 unspecified atom stereocenters. The number of pyridine rings is 2. The molecule has 0 radical (unpaired) electrons. The molecule has 0 aromatic carbocycles. The van der Waals surface area contributed by atoms with Crippen LogP contribution in [0, 0.1) is 0 Å². The van der Waals surface area contributed by atoms with Crippen LogP contribution in [0.1, 0.15) is 28.8 Å². The van der Waals surface area contributed by atoms with Crippen LogP contribution in [0.15, 0.2) is 30.6 Å². The van der Waals surface area contributed by atoms with Gasteiger partial charge in [0.1, 0.15) is 5.82 Å². The van der Waals surface area contributed by atoms with Crippen molar-refractivity contribution in [1.82, 2.24) is 9.97 Å². The van der Waals surface area contributed by atoms with Crippen LogP contribution in [-0.2, 0) is 6.42 Å². The Morgan fingerprint density at radius 3 is 2.81 bits per heavy atom. The standard InChI is InChI=1S/C16H14N4O/c21-16-12-2-1-7-17-14(12)20(11-3-4-11)15-13-10(5-8-18-15)6-9-19(13)16/h1-2,5,7-8,11H,3-4,6,9H2. The van der Waals surface area contributed by atoms with Gasteiger partial charge in [-0.25, -0.2) is 9.97 Å². The smallest absolute Gasteiger partial charge is 0.262 e. The lowest BCUT2D eigenvalue weighted by Gasteiger charge is -2.23. The van der Waals surface area contributed by atoms with Crippen LogP contribution >= 0.6 is 0 Å². The van der Waals surface area contributed by atoms with Crippen molar-refractivity contribution in [3.05, 3.63) is 41.7 Å². The number of amides is 1. The molecule has 0 spiro atoms. The zero-order chi connectivity index (χ0) is 14.0. The van der Waals surface area contributed by atoms with E-state index in [4.69, 9.17) is 0 Å². The molecule has 5 rings (SSSR count). The average Bonchev–Trinajstić information content (AvgIpc) is 3.26. The van der Waals surface area contributed by atoms with Crippen molar-refractivity contribution < 1.29 is 4.79 Å². The molecule has 5 nitrogen and oxygen atoms in total. The van der Waals surface area contributed by atoms with E-state index in [1.54, 1.807) is 6.20 Å². The summed E-state index contributed by atoms with van der Waals surface area (Å²) in [7, 11) is 0. The van der Waals surface area contributed by atoms with Crippen LogP contribution in [0.5, 0.6) is 0 Å². The lowest BCUT2D eigenvalue weighted by atomic mass is 10.2. The fourth-order valence-corrected chi connectivity index (χ4v) is 3.38. The van der Waals surface area contributed by atoms with E-state index >= 15 is 0 Å². The van der Waals surface area contributed by atoms with Crippen LogP contribution in [0.2, 0.25) is 0 Å². The summed E-state index contributed by atoms with van der Waals surface area (Å²) < 4.78 is 0. The third kappa shape index (κ3) is 1.43. The maximum atomic E-state index is 12.9. The summed E-state index contributed by atoms with van der Waals surface area (Å²) in [6.45, 7) is 0.736. The molecule has 0 atom stereocenters. The molecule has 1 aliphatic carbocycles. The summed E-state index contributed by atoms with van der Waals surface area (Å²) in [5.74, 6) is 1.72. The van der Waals surface area contributed by atoms with Gasteiger partial charge in [0.15, 0.2) is 5.82 Å². The van der Waals surface area contributed by atoms with E-state index in [0.29, 0.717) is 11.6 Å². The number of anilines is 3. The van der Waals surface area contributed by atoms with E-state index in [1.807, 2.05) is 29.3 Å². The largest absolute Gasteiger partial charge is 0.305 e. The van der Waals surface area contributed by atoms with Gasteiger partial charge in [-0.2, -0.15) is 0 Å². The van der Waals surface area contributed by atoms with Gasteiger partial charge in [-0.15, -0.1) is 0 Å². The molecule has 1 saturated carbocycles. The molecular formula is C16H14N4O. The highest BCUT2D eigenvalue weighted by atomic mass is 16.2. The molecular weight excluding hydrogens is 264 g/mol. The van der Waals surface area contributed by atoms with Gasteiger partial charge in [0.25, 0.3) is 5.91 Å². The first-order valence-electron chi connectivity index (χ1n) is 7.38. The van der Waals surface area contributed by atoms with E-state index in [0.717, 1.165) is 43.1 Å². The van der Waals surface area contributed by atoms with E-state index in [-0.39, 0.29) is 5.91 Å². The molecule has 0 bridgehead atoms. The van der Waals surface area contributed by atoms with Crippen LogP contribution in [0.25, 0.3) is 0 Å². The minimum absolute atomic E-state index is 0.0502. The van der Waals surface area contributed by atoms with Gasteiger partial charge < -0.3 is 9.80 Å². The van der Waals surface area contributed by atoms with E-state index < -0.39 is 0 Å². The first kappa shape index (κ1) is 11.3. The number of aromatic nitrogens is 2. The summed E-state index contributed by atoms with van der Waals surface area (Å²) >= 11 is 0. The quantitative estimate of drug-likeness (QED) is 0.803. The molecule has 3 aliphatic rings. The van der Waals surface area contributed by atoms with Crippen LogP contribution in [-0.4, -0.2) is 28.5 Å². The van der Waals surface area contributed by atoms with Crippen molar-refractivity contribution in [2.24, 2.45) is 0 Å². The maximum Gasteiger partial charge on any atom is 0.262 e. The Morgan fingerprint density at radius 1 is 1.10 bits per heavy atom. The minimum Gasteiger partial charge on any atom is -0.305 e. The normalized spacial score (nSPS) is 19.3. The van der Waals surface area contributed by atoms with Crippen molar-refractivity contribution in [1.29, 1.82) is 0 Å². The van der Waals surface area contributed by atoms with Crippen LogP contribution < -0.4 is 9.80 Å². The Balaban J connectivity index is 1.85. The Hall–Kier alpha value is -2.43. The highest BCUT2D eigenvalue weighted by Crippen LogP contribution is 2.47. The lowest BCUT2D eigenvalue weighted by molar-refractivity contribution is 0.0990. The van der Waals surface area contributed by atoms with Gasteiger partial charge in [0.05, 0.1) is 11.3 Å². The molecule has 1 amide bonds. The Kier molecular flexibility index (Phi) is 2.04. The highest BCUT2D eigenvalue weighted by Gasteiger charge is 2.42. The minimum atomic E-state index is 0.0502. The average molecular weight is 278 g/mol. The second-order valence-electron chi connectivity index (χ2n) is 5.82. The Morgan fingerprint density at radius 2 is 1.95 bits per heavy atom. The van der Waals surface area contributed by atoms with E-state index in [9.17, 15) is 4.79 Å². The summed E-state index contributed by atoms with van der Waals surface area (Å²) in [4.78, 5) is 26.0. The SMILES string of the molecule is O=C1c2cccnc2N(C2CC2)c2nccc3c2N1CC3. The molecule has 0 N–H and O–H groups in total. The van der Waals surface area contributed by atoms with Gasteiger partial charge in [0.2, 0.25) is 0 Å². The van der Waals surface area contributed by atoms with Crippen molar-refractivity contribution in [2.75, 3.05) is 16.3 Å². The van der Waals surface area contributed by atoms with Gasteiger partial charge in [-0.1, -0.05) is 0 Å². The van der Waals surface area contributed by atoms with Crippen molar-refractivity contribution >= 4 is 23.2 Å². The fraction of sp³-hybridized carbons (Fsp3) is 0.312. The van der Waals surface area contributed by atoms with Crippen molar-refractivity contribution in [3.8, 4) is 0 Å². The van der Waals surface area contributed by atoms with E-state index in [1.165, 1.54) is 5.56 Å². The molecule has 2 aliphatic heterocycles. The predicted molar refractivity (Wildman–Crippen MR) is 79.0 cm³/mol. The zero-order valence-electron chi connectivity index (χ0n) is 11.5. The molecule has 5 heteroatoms. The second kappa shape index (κ2) is 3.81. The number of nitrogens with zero attached hydrogens (tertiary/aromatic N) is 4. The molecule has 1 fully saturated rings. The lowest BCUT2D eigenvalue weighted by Crippen LogP contribution is -2.28. The summed E-state index contributed by atoms with van der Waals surface area (Å²) in [6, 6.07) is 6.17. The van der Waals surface area contributed by atoms with Crippen LogP contribution in [0.3, 0.4) is 0 Å². The molecule has 2 aromatic heterocycles. The fourth-order valence-electron chi connectivity index (χ4n) is 3.38. The third-order valence-corrected chi connectivity index (χ3v) is 4.49. The number of hydrogen-bond acceptors (Lipinski definition) is 4. The van der Waals surface area contributed by atoms with Gasteiger partial charge in [0, 0.05) is 25.0 Å². The van der Waals surface area contributed by atoms with Crippen LogP contribution in [0.4, 0.5) is 17.3 Å². The third-order valence-electron chi connectivity index (χ3n) is 4.49. The summed E-state index contributed by atoms with van der Waals surface area (Å²) in [5.41, 5.74) is 2.90. The van der Waals surface area contributed by atoms with Gasteiger partial charge >= 0.3 is 0 Å².